The first-order chi connectivity index (χ1) is 10.3. The first kappa shape index (κ1) is 19.0. The molecule has 1 saturated heterocycles. The maximum absolute atomic E-state index is 9.86. The molecular formula is C16H26O6. The normalized spacial score (nSPS) is 34.3. The third kappa shape index (κ3) is 4.74. The van der Waals surface area contributed by atoms with Gasteiger partial charge in [0, 0.05) is 5.92 Å². The minimum absolute atomic E-state index is 0.0263. The van der Waals surface area contributed by atoms with E-state index in [2.05, 4.69) is 13.2 Å². The molecule has 0 spiro atoms. The van der Waals surface area contributed by atoms with Crippen molar-refractivity contribution in [3.05, 3.63) is 36.5 Å². The van der Waals surface area contributed by atoms with E-state index < -0.39 is 37.3 Å². The van der Waals surface area contributed by atoms with Crippen molar-refractivity contribution >= 4 is 0 Å². The number of hydrogen-bond acceptors (Lipinski definition) is 6. The molecule has 0 aromatic carbocycles. The van der Waals surface area contributed by atoms with Crippen LogP contribution in [0.4, 0.5) is 0 Å². The Hall–Kier alpha value is -1.02. The second-order valence-corrected chi connectivity index (χ2v) is 5.63. The first-order valence-corrected chi connectivity index (χ1v) is 7.19. The summed E-state index contributed by atoms with van der Waals surface area (Å²) in [5.74, 6) is 0.0263. The highest BCUT2D eigenvalue weighted by molar-refractivity contribution is 5.17. The molecule has 22 heavy (non-hydrogen) atoms. The van der Waals surface area contributed by atoms with Crippen molar-refractivity contribution in [2.75, 3.05) is 13.2 Å². The Morgan fingerprint density at radius 1 is 1.23 bits per heavy atom. The summed E-state index contributed by atoms with van der Waals surface area (Å²) in [7, 11) is 0. The van der Waals surface area contributed by atoms with Crippen LogP contribution < -0.4 is 0 Å². The molecule has 6 heteroatoms. The lowest BCUT2D eigenvalue weighted by molar-refractivity contribution is -0.299. The molecule has 0 bridgehead atoms. The number of aliphatic hydroxyl groups excluding tert-OH is 4. The molecule has 6 atom stereocenters. The van der Waals surface area contributed by atoms with Gasteiger partial charge in [0.2, 0.25) is 0 Å². The van der Waals surface area contributed by atoms with Gasteiger partial charge in [-0.2, -0.15) is 0 Å². The van der Waals surface area contributed by atoms with Gasteiger partial charge in [0.15, 0.2) is 6.29 Å². The van der Waals surface area contributed by atoms with Crippen molar-refractivity contribution < 1.29 is 29.9 Å². The van der Waals surface area contributed by atoms with E-state index in [4.69, 9.17) is 14.6 Å². The van der Waals surface area contributed by atoms with Gasteiger partial charge < -0.3 is 29.9 Å². The van der Waals surface area contributed by atoms with Crippen LogP contribution in [0.15, 0.2) is 36.5 Å². The van der Waals surface area contributed by atoms with Crippen LogP contribution in [0.2, 0.25) is 0 Å². The van der Waals surface area contributed by atoms with E-state index in [-0.39, 0.29) is 12.5 Å². The monoisotopic (exact) mass is 314 g/mol. The Balaban J connectivity index is 2.64. The smallest absolute Gasteiger partial charge is 0.187 e. The Kier molecular flexibility index (Phi) is 7.41. The Morgan fingerprint density at radius 2 is 1.86 bits per heavy atom. The van der Waals surface area contributed by atoms with Crippen LogP contribution >= 0.6 is 0 Å². The van der Waals surface area contributed by atoms with Crippen LogP contribution in [0.3, 0.4) is 0 Å². The third-order valence-corrected chi connectivity index (χ3v) is 3.61. The highest BCUT2D eigenvalue weighted by Gasteiger charge is 2.43. The molecule has 0 saturated carbocycles. The van der Waals surface area contributed by atoms with Gasteiger partial charge in [0.05, 0.1) is 13.2 Å². The summed E-state index contributed by atoms with van der Waals surface area (Å²) in [6, 6.07) is 0. The zero-order chi connectivity index (χ0) is 16.9. The van der Waals surface area contributed by atoms with E-state index in [1.54, 1.807) is 6.08 Å². The first-order valence-electron chi connectivity index (χ1n) is 7.19. The molecule has 0 aliphatic carbocycles. The van der Waals surface area contributed by atoms with Gasteiger partial charge in [-0.3, -0.25) is 0 Å². The molecule has 0 amide bonds. The number of aliphatic hydroxyl groups is 4. The van der Waals surface area contributed by atoms with Gasteiger partial charge >= 0.3 is 0 Å². The van der Waals surface area contributed by atoms with E-state index in [0.717, 1.165) is 11.1 Å². The van der Waals surface area contributed by atoms with Gasteiger partial charge in [-0.15, -0.1) is 6.58 Å². The van der Waals surface area contributed by atoms with Crippen molar-refractivity contribution in [3.63, 3.8) is 0 Å². The van der Waals surface area contributed by atoms with E-state index >= 15 is 0 Å². The highest BCUT2D eigenvalue weighted by atomic mass is 16.7. The molecule has 126 valence electrons. The molecule has 0 aromatic rings. The standard InChI is InChI=1S/C16H26O6/c1-5-11(9(2)3)6-10(4)8-21-16-15(20)14(19)13(18)12(7-17)22-16/h5-6,11-20H,1-2,7-8H2,3-4H3. The Morgan fingerprint density at radius 3 is 2.36 bits per heavy atom. The number of hydrogen-bond donors (Lipinski definition) is 4. The molecule has 1 heterocycles. The Bertz CT molecular complexity index is 417. The molecule has 1 aliphatic heterocycles. The number of allylic oxidation sites excluding steroid dienone is 3. The van der Waals surface area contributed by atoms with Crippen molar-refractivity contribution in [2.45, 2.75) is 44.6 Å². The molecule has 6 nitrogen and oxygen atoms in total. The summed E-state index contributed by atoms with van der Waals surface area (Å²) >= 11 is 0. The van der Waals surface area contributed by atoms with Crippen LogP contribution in [0.25, 0.3) is 0 Å². The van der Waals surface area contributed by atoms with Crippen LogP contribution in [-0.4, -0.2) is 64.3 Å². The topological polar surface area (TPSA) is 99.4 Å². The molecule has 1 fully saturated rings. The summed E-state index contributed by atoms with van der Waals surface area (Å²) in [5.41, 5.74) is 1.83. The zero-order valence-corrected chi connectivity index (χ0v) is 13.1. The quantitative estimate of drug-likeness (QED) is 0.499. The summed E-state index contributed by atoms with van der Waals surface area (Å²) in [6.45, 7) is 11.0. The summed E-state index contributed by atoms with van der Waals surface area (Å²) in [5, 5.41) is 38.3. The molecule has 1 aliphatic rings. The molecule has 6 unspecified atom stereocenters. The van der Waals surface area contributed by atoms with Crippen molar-refractivity contribution in [1.82, 2.24) is 0 Å². The van der Waals surface area contributed by atoms with Crippen molar-refractivity contribution in [3.8, 4) is 0 Å². The molecule has 0 radical (unpaired) electrons. The fraction of sp³-hybridized carbons (Fsp3) is 0.625. The third-order valence-electron chi connectivity index (χ3n) is 3.61. The molecule has 4 N–H and O–H groups in total. The lowest BCUT2D eigenvalue weighted by atomic mass is 9.99. The van der Waals surface area contributed by atoms with E-state index in [0.29, 0.717) is 0 Å². The van der Waals surface area contributed by atoms with E-state index in [9.17, 15) is 15.3 Å². The minimum Gasteiger partial charge on any atom is -0.394 e. The van der Waals surface area contributed by atoms with Crippen molar-refractivity contribution in [1.29, 1.82) is 0 Å². The molecule has 1 rings (SSSR count). The molecule has 0 aromatic heterocycles. The average molecular weight is 314 g/mol. The van der Waals surface area contributed by atoms with Crippen LogP contribution in [0, 0.1) is 5.92 Å². The minimum atomic E-state index is -1.43. The van der Waals surface area contributed by atoms with Crippen LogP contribution in [0.1, 0.15) is 13.8 Å². The molecular weight excluding hydrogens is 288 g/mol. The average Bonchev–Trinajstić information content (AvgIpc) is 2.49. The maximum Gasteiger partial charge on any atom is 0.187 e. The van der Waals surface area contributed by atoms with Gasteiger partial charge in [-0.1, -0.05) is 29.9 Å². The number of ether oxygens (including phenoxy) is 2. The van der Waals surface area contributed by atoms with Crippen LogP contribution in [0.5, 0.6) is 0 Å². The largest absolute Gasteiger partial charge is 0.394 e. The maximum atomic E-state index is 9.86. The fourth-order valence-corrected chi connectivity index (χ4v) is 2.18. The summed E-state index contributed by atoms with van der Waals surface area (Å²) < 4.78 is 10.7. The van der Waals surface area contributed by atoms with Crippen molar-refractivity contribution in [2.24, 2.45) is 5.92 Å². The van der Waals surface area contributed by atoms with Gasteiger partial charge in [0.25, 0.3) is 0 Å². The highest BCUT2D eigenvalue weighted by Crippen LogP contribution is 2.22. The summed E-state index contributed by atoms with van der Waals surface area (Å²) in [4.78, 5) is 0. The second kappa shape index (κ2) is 8.57. The zero-order valence-electron chi connectivity index (χ0n) is 13.1. The van der Waals surface area contributed by atoms with Gasteiger partial charge in [0.1, 0.15) is 24.4 Å². The van der Waals surface area contributed by atoms with Gasteiger partial charge in [-0.25, -0.2) is 0 Å². The summed E-state index contributed by atoms with van der Waals surface area (Å²) in [6.07, 6.45) is -2.60. The number of rotatable bonds is 7. The Labute approximate surface area is 131 Å². The van der Waals surface area contributed by atoms with Crippen LogP contribution in [-0.2, 0) is 9.47 Å². The lowest BCUT2D eigenvalue weighted by Crippen LogP contribution is -2.59. The fourth-order valence-electron chi connectivity index (χ4n) is 2.18. The second-order valence-electron chi connectivity index (χ2n) is 5.63. The van der Waals surface area contributed by atoms with E-state index in [1.807, 2.05) is 19.9 Å². The van der Waals surface area contributed by atoms with Gasteiger partial charge in [-0.05, 0) is 13.8 Å². The SMILES string of the molecule is C=CC(C=C(C)COC1OC(CO)C(O)C(O)C1O)C(=C)C. The predicted octanol–water partition coefficient (Wildman–Crippen LogP) is 0.127. The predicted molar refractivity (Wildman–Crippen MR) is 82.0 cm³/mol. The van der Waals surface area contributed by atoms with E-state index in [1.165, 1.54) is 0 Å². The lowest BCUT2D eigenvalue weighted by Gasteiger charge is -2.39.